The highest BCUT2D eigenvalue weighted by molar-refractivity contribution is 7.91. The van der Waals surface area contributed by atoms with Crippen LogP contribution in [0.25, 0.3) is 0 Å². The summed E-state index contributed by atoms with van der Waals surface area (Å²) in [6, 6.07) is 7.98. The standard InChI is InChI=1S/C27H32F2N8O3S/c1-17(2)36-14-21(29)10-22(15-36)32-26-31-11-19-13-37(27(38)35(3)25(19)33-26)23-8-9-24(30-12-23)34-41(39,40)16-18-4-6-20(28)7-5-18/h4-9,11-12,17,21-22H,10,13-16H2,1-3H3,(H,30,34)(H,31,32,33)/t21-,22-/m0/s1. The maximum atomic E-state index is 14.3. The van der Waals surface area contributed by atoms with Crippen molar-refractivity contribution in [2.45, 2.75) is 50.8 Å². The highest BCUT2D eigenvalue weighted by Crippen LogP contribution is 2.30. The molecule has 2 aromatic heterocycles. The van der Waals surface area contributed by atoms with Crippen molar-refractivity contribution in [1.82, 2.24) is 19.9 Å². The Kier molecular flexibility index (Phi) is 8.04. The number of hydrogen-bond acceptors (Lipinski definition) is 8. The molecule has 1 aromatic carbocycles. The summed E-state index contributed by atoms with van der Waals surface area (Å²) in [5.41, 5.74) is 1.60. The van der Waals surface area contributed by atoms with E-state index in [1.165, 1.54) is 46.3 Å². The van der Waals surface area contributed by atoms with Gasteiger partial charge >= 0.3 is 6.03 Å². The van der Waals surface area contributed by atoms with Gasteiger partial charge in [0.25, 0.3) is 0 Å². The predicted octanol–water partition coefficient (Wildman–Crippen LogP) is 3.76. The molecule has 2 atom stereocenters. The average molecular weight is 587 g/mol. The van der Waals surface area contributed by atoms with E-state index in [1.54, 1.807) is 19.3 Å². The van der Waals surface area contributed by atoms with Gasteiger partial charge in [-0.2, -0.15) is 4.98 Å². The van der Waals surface area contributed by atoms with Gasteiger partial charge in [-0.3, -0.25) is 19.4 Å². The molecular formula is C27H32F2N8O3S. The quantitative estimate of drug-likeness (QED) is 0.409. The maximum absolute atomic E-state index is 14.3. The largest absolute Gasteiger partial charge is 0.350 e. The molecule has 11 nitrogen and oxygen atoms in total. The van der Waals surface area contributed by atoms with Crippen molar-refractivity contribution >= 4 is 39.3 Å². The Balaban J connectivity index is 1.26. The number of piperidine rings is 1. The van der Waals surface area contributed by atoms with E-state index >= 15 is 0 Å². The molecule has 0 unspecified atom stereocenters. The van der Waals surface area contributed by atoms with Crippen molar-refractivity contribution < 1.29 is 22.0 Å². The molecule has 2 aliphatic rings. The smallest absolute Gasteiger partial charge is 0.330 e. The second-order valence-corrected chi connectivity index (χ2v) is 12.3. The number of pyridine rings is 1. The fourth-order valence-corrected chi connectivity index (χ4v) is 6.10. The number of nitrogens with one attached hydrogen (secondary N) is 2. The molecule has 0 spiro atoms. The number of fused-ring (bicyclic) bond motifs is 1. The summed E-state index contributed by atoms with van der Waals surface area (Å²) in [6.07, 6.45) is 2.46. The van der Waals surface area contributed by atoms with Crippen molar-refractivity contribution in [3.05, 3.63) is 65.7 Å². The molecule has 2 aliphatic heterocycles. The summed E-state index contributed by atoms with van der Waals surface area (Å²) in [5, 5.41) is 3.23. The van der Waals surface area contributed by atoms with E-state index in [4.69, 9.17) is 0 Å². The molecule has 2 amide bonds. The summed E-state index contributed by atoms with van der Waals surface area (Å²) in [5.74, 6) is 0.0795. The number of sulfonamides is 1. The lowest BCUT2D eigenvalue weighted by Crippen LogP contribution is -2.50. The average Bonchev–Trinajstić information content (AvgIpc) is 2.92. The van der Waals surface area contributed by atoms with Crippen LogP contribution >= 0.6 is 0 Å². The first kappa shape index (κ1) is 28.6. The molecule has 0 bridgehead atoms. The van der Waals surface area contributed by atoms with Gasteiger partial charge in [-0.1, -0.05) is 12.1 Å². The predicted molar refractivity (Wildman–Crippen MR) is 153 cm³/mol. The lowest BCUT2D eigenvalue weighted by atomic mass is 10.0. The van der Waals surface area contributed by atoms with Gasteiger partial charge in [0.15, 0.2) is 0 Å². The van der Waals surface area contributed by atoms with Gasteiger partial charge in [-0.25, -0.2) is 32.0 Å². The first-order valence-corrected chi connectivity index (χ1v) is 14.9. The van der Waals surface area contributed by atoms with Gasteiger partial charge < -0.3 is 5.32 Å². The number of nitrogens with zero attached hydrogens (tertiary/aromatic N) is 6. The molecule has 4 heterocycles. The number of halogens is 2. The van der Waals surface area contributed by atoms with Gasteiger partial charge in [-0.05, 0) is 43.7 Å². The molecule has 2 N–H and O–H groups in total. The highest BCUT2D eigenvalue weighted by atomic mass is 32.2. The number of urea groups is 1. The lowest BCUT2D eigenvalue weighted by Gasteiger charge is -2.37. The van der Waals surface area contributed by atoms with E-state index in [2.05, 4.69) is 29.9 Å². The molecule has 41 heavy (non-hydrogen) atoms. The van der Waals surface area contributed by atoms with Crippen molar-refractivity contribution in [3.63, 3.8) is 0 Å². The normalized spacial score (nSPS) is 19.8. The van der Waals surface area contributed by atoms with E-state index in [0.29, 0.717) is 48.1 Å². The van der Waals surface area contributed by atoms with Crippen LogP contribution in [-0.4, -0.2) is 72.7 Å². The van der Waals surface area contributed by atoms with E-state index in [-0.39, 0.29) is 36.2 Å². The van der Waals surface area contributed by atoms with Crippen LogP contribution in [0, 0.1) is 5.82 Å². The molecule has 0 saturated carbocycles. The number of amides is 2. The van der Waals surface area contributed by atoms with Crippen LogP contribution in [0.3, 0.4) is 0 Å². The molecule has 1 fully saturated rings. The Labute approximate surface area is 237 Å². The second-order valence-electron chi connectivity index (χ2n) is 10.6. The third kappa shape index (κ3) is 6.70. The fourth-order valence-electron chi connectivity index (χ4n) is 4.96. The summed E-state index contributed by atoms with van der Waals surface area (Å²) < 4.78 is 54.9. The van der Waals surface area contributed by atoms with Crippen LogP contribution in [0.15, 0.2) is 48.8 Å². The SMILES string of the molecule is CC(C)N1C[C@@H](F)C[C@H](Nc2ncc3c(n2)N(C)C(=O)N(c2ccc(NS(=O)(=O)Cc4ccc(F)cc4)nc2)C3)C1. The van der Waals surface area contributed by atoms with Gasteiger partial charge in [-0.15, -0.1) is 0 Å². The summed E-state index contributed by atoms with van der Waals surface area (Å²) in [7, 11) is -2.19. The number of alkyl halides is 1. The summed E-state index contributed by atoms with van der Waals surface area (Å²) in [4.78, 5) is 31.4. The van der Waals surface area contributed by atoms with Crippen molar-refractivity contribution in [2.75, 3.05) is 40.0 Å². The topological polar surface area (TPSA) is 124 Å². The van der Waals surface area contributed by atoms with E-state index in [0.717, 1.165) is 0 Å². The molecule has 14 heteroatoms. The molecule has 3 aromatic rings. The third-order valence-corrected chi connectivity index (χ3v) is 8.32. The number of aromatic nitrogens is 3. The first-order valence-electron chi connectivity index (χ1n) is 13.2. The Morgan fingerprint density at radius 1 is 1.07 bits per heavy atom. The molecular weight excluding hydrogens is 554 g/mol. The van der Waals surface area contributed by atoms with Crippen molar-refractivity contribution in [3.8, 4) is 0 Å². The van der Waals surface area contributed by atoms with Crippen LogP contribution in [0.1, 0.15) is 31.4 Å². The number of rotatable bonds is 8. The van der Waals surface area contributed by atoms with Gasteiger partial charge in [0.1, 0.15) is 23.6 Å². The van der Waals surface area contributed by atoms with Gasteiger partial charge in [0.05, 0.1) is 24.2 Å². The zero-order chi connectivity index (χ0) is 29.3. The number of carbonyl (C=O) groups is 1. The van der Waals surface area contributed by atoms with Crippen LogP contribution in [0.4, 0.5) is 36.8 Å². The zero-order valence-electron chi connectivity index (χ0n) is 23.0. The van der Waals surface area contributed by atoms with E-state index in [1.807, 2.05) is 13.8 Å². The van der Waals surface area contributed by atoms with Crippen LogP contribution < -0.4 is 19.8 Å². The molecule has 0 radical (unpaired) electrons. The van der Waals surface area contributed by atoms with Crippen molar-refractivity contribution in [2.24, 2.45) is 0 Å². The Bertz CT molecular complexity index is 1510. The minimum atomic E-state index is -3.79. The minimum absolute atomic E-state index is 0.0855. The second kappa shape index (κ2) is 11.5. The summed E-state index contributed by atoms with van der Waals surface area (Å²) >= 11 is 0. The monoisotopic (exact) mass is 586 g/mol. The van der Waals surface area contributed by atoms with E-state index in [9.17, 15) is 22.0 Å². The summed E-state index contributed by atoms with van der Waals surface area (Å²) in [6.45, 7) is 5.34. The van der Waals surface area contributed by atoms with Crippen LogP contribution in [0.2, 0.25) is 0 Å². The lowest BCUT2D eigenvalue weighted by molar-refractivity contribution is 0.103. The minimum Gasteiger partial charge on any atom is -0.350 e. The van der Waals surface area contributed by atoms with Gasteiger partial charge in [0, 0.05) is 50.4 Å². The molecule has 0 aliphatic carbocycles. The van der Waals surface area contributed by atoms with Crippen LogP contribution in [0.5, 0.6) is 0 Å². The molecule has 5 rings (SSSR count). The Morgan fingerprint density at radius 2 is 1.83 bits per heavy atom. The number of likely N-dealkylation sites (tertiary alicyclic amines) is 1. The molecule has 218 valence electrons. The van der Waals surface area contributed by atoms with Crippen molar-refractivity contribution in [1.29, 1.82) is 0 Å². The number of benzene rings is 1. The van der Waals surface area contributed by atoms with E-state index < -0.39 is 22.0 Å². The Hall–Kier alpha value is -3.91. The number of anilines is 4. The fraction of sp³-hybridized carbons (Fsp3) is 0.407. The third-order valence-electron chi connectivity index (χ3n) is 7.09. The maximum Gasteiger partial charge on any atom is 0.330 e. The Morgan fingerprint density at radius 3 is 2.51 bits per heavy atom. The van der Waals surface area contributed by atoms with Crippen LogP contribution in [-0.2, 0) is 22.3 Å². The van der Waals surface area contributed by atoms with Gasteiger partial charge in [0.2, 0.25) is 16.0 Å². The molecule has 1 saturated heterocycles. The number of carbonyl (C=O) groups excluding carboxylic acids is 1. The first-order chi connectivity index (χ1) is 19.5. The highest BCUT2D eigenvalue weighted by Gasteiger charge is 2.32. The zero-order valence-corrected chi connectivity index (χ0v) is 23.8. The number of hydrogen-bond donors (Lipinski definition) is 2.